The van der Waals surface area contributed by atoms with Crippen molar-refractivity contribution < 1.29 is 14.3 Å². The highest BCUT2D eigenvalue weighted by Gasteiger charge is 2.28. The molecule has 5 rings (SSSR count). The molecule has 1 aromatic carbocycles. The first-order valence-corrected chi connectivity index (χ1v) is 10.8. The molecular weight excluding hydrogens is 406 g/mol. The Hall–Kier alpha value is -3.23. The molecule has 32 heavy (non-hydrogen) atoms. The highest BCUT2D eigenvalue weighted by atomic mass is 16.5. The molecule has 0 saturated carbocycles. The number of methoxy groups -OCH3 is 1. The van der Waals surface area contributed by atoms with Gasteiger partial charge in [0.25, 0.3) is 0 Å². The predicted octanol–water partition coefficient (Wildman–Crippen LogP) is 2.71. The first-order chi connectivity index (χ1) is 15.5. The third-order valence-corrected chi connectivity index (χ3v) is 6.36. The molecule has 2 aliphatic heterocycles. The molecule has 0 amide bonds. The van der Waals surface area contributed by atoms with E-state index >= 15 is 0 Å². The second-order valence-electron chi connectivity index (χ2n) is 8.40. The number of carbonyl (C=O) groups is 1. The third-order valence-electron chi connectivity index (χ3n) is 6.36. The van der Waals surface area contributed by atoms with Crippen LogP contribution in [0.3, 0.4) is 0 Å². The van der Waals surface area contributed by atoms with Crippen molar-refractivity contribution in [1.29, 1.82) is 0 Å². The highest BCUT2D eigenvalue weighted by Crippen LogP contribution is 2.31. The van der Waals surface area contributed by atoms with Crippen molar-refractivity contribution >= 4 is 5.97 Å². The number of imidazole rings is 1. The van der Waals surface area contributed by atoms with Gasteiger partial charge in [0.05, 0.1) is 18.4 Å². The fourth-order valence-electron chi connectivity index (χ4n) is 4.60. The number of ether oxygens (including phenoxy) is 2. The largest absolute Gasteiger partial charge is 0.496 e. The topological polar surface area (TPSA) is 81.5 Å². The Morgan fingerprint density at radius 3 is 2.94 bits per heavy atom. The van der Waals surface area contributed by atoms with Crippen LogP contribution in [-0.2, 0) is 17.9 Å². The lowest BCUT2D eigenvalue weighted by molar-refractivity contribution is 0.0535. The molecule has 3 aromatic rings. The molecule has 1 N–H and O–H groups in total. The first kappa shape index (κ1) is 20.7. The van der Waals surface area contributed by atoms with Gasteiger partial charge in [-0.3, -0.25) is 9.47 Å². The normalized spacial score (nSPS) is 18.5. The Labute approximate surface area is 187 Å². The smallest absolute Gasteiger partial charge is 0.338 e. The van der Waals surface area contributed by atoms with Gasteiger partial charge < -0.3 is 14.8 Å². The van der Waals surface area contributed by atoms with E-state index in [1.54, 1.807) is 13.4 Å². The number of hydrogen-bond donors (Lipinski definition) is 1. The fraction of sp³-hybridized carbons (Fsp3) is 0.375. The van der Waals surface area contributed by atoms with Crippen molar-refractivity contribution in [3.05, 3.63) is 70.4 Å². The Morgan fingerprint density at radius 1 is 1.28 bits per heavy atom. The van der Waals surface area contributed by atoms with E-state index in [1.165, 1.54) is 5.56 Å². The summed E-state index contributed by atoms with van der Waals surface area (Å²) in [5, 5.41) is 3.63. The van der Waals surface area contributed by atoms with Gasteiger partial charge in [-0.05, 0) is 31.0 Å². The van der Waals surface area contributed by atoms with E-state index in [2.05, 4.69) is 33.2 Å². The SMILES string of the molecule is COc1cc(-n2cnc(C)c2)ncc1CN1CCNC(c2ccc3c(c2C)COC3=O)C1. The van der Waals surface area contributed by atoms with Gasteiger partial charge >= 0.3 is 5.97 Å². The van der Waals surface area contributed by atoms with E-state index in [0.717, 1.165) is 60.1 Å². The molecule has 2 aromatic heterocycles. The minimum absolute atomic E-state index is 0.192. The van der Waals surface area contributed by atoms with Crippen LogP contribution in [0.15, 0.2) is 36.9 Å². The number of nitrogens with one attached hydrogen (secondary N) is 1. The van der Waals surface area contributed by atoms with Crippen LogP contribution in [0.4, 0.5) is 0 Å². The van der Waals surface area contributed by atoms with E-state index in [0.29, 0.717) is 12.2 Å². The summed E-state index contributed by atoms with van der Waals surface area (Å²) in [6.45, 7) is 7.85. The van der Waals surface area contributed by atoms with Crippen LogP contribution >= 0.6 is 0 Å². The minimum Gasteiger partial charge on any atom is -0.496 e. The number of hydrogen-bond acceptors (Lipinski definition) is 7. The van der Waals surface area contributed by atoms with E-state index in [-0.39, 0.29) is 12.0 Å². The summed E-state index contributed by atoms with van der Waals surface area (Å²) in [7, 11) is 1.69. The first-order valence-electron chi connectivity index (χ1n) is 10.8. The zero-order valence-corrected chi connectivity index (χ0v) is 18.6. The summed E-state index contributed by atoms with van der Waals surface area (Å²) in [6, 6.07) is 6.11. The van der Waals surface area contributed by atoms with Gasteiger partial charge in [0, 0.05) is 61.8 Å². The molecule has 0 bridgehead atoms. The van der Waals surface area contributed by atoms with Gasteiger partial charge in [-0.2, -0.15) is 0 Å². The number of esters is 1. The zero-order valence-electron chi connectivity index (χ0n) is 18.6. The maximum atomic E-state index is 11.9. The summed E-state index contributed by atoms with van der Waals surface area (Å²) in [5.74, 6) is 1.39. The van der Waals surface area contributed by atoms with Crippen LogP contribution in [0.5, 0.6) is 5.75 Å². The van der Waals surface area contributed by atoms with Gasteiger partial charge in [0.2, 0.25) is 0 Å². The average molecular weight is 434 g/mol. The van der Waals surface area contributed by atoms with Gasteiger partial charge in [0.15, 0.2) is 0 Å². The lowest BCUT2D eigenvalue weighted by Gasteiger charge is -2.35. The molecule has 0 radical (unpaired) electrons. The van der Waals surface area contributed by atoms with Crippen molar-refractivity contribution in [3.63, 3.8) is 0 Å². The number of aryl methyl sites for hydroxylation is 1. The second kappa shape index (κ2) is 8.37. The molecule has 0 spiro atoms. The van der Waals surface area contributed by atoms with E-state index in [9.17, 15) is 4.79 Å². The quantitative estimate of drug-likeness (QED) is 0.620. The number of piperazine rings is 1. The molecule has 0 aliphatic carbocycles. The van der Waals surface area contributed by atoms with Crippen LogP contribution in [0, 0.1) is 13.8 Å². The number of rotatable bonds is 5. The van der Waals surface area contributed by atoms with Crippen molar-refractivity contribution in [2.24, 2.45) is 0 Å². The summed E-state index contributed by atoms with van der Waals surface area (Å²) in [6.07, 6.45) is 5.60. The summed E-state index contributed by atoms with van der Waals surface area (Å²) < 4.78 is 12.8. The van der Waals surface area contributed by atoms with Gasteiger partial charge in [-0.1, -0.05) is 6.07 Å². The number of aromatic nitrogens is 3. The summed E-state index contributed by atoms with van der Waals surface area (Å²) >= 11 is 0. The van der Waals surface area contributed by atoms with Crippen LogP contribution in [0.2, 0.25) is 0 Å². The summed E-state index contributed by atoms with van der Waals surface area (Å²) in [5.41, 5.74) is 6.08. The van der Waals surface area contributed by atoms with Crippen molar-refractivity contribution in [1.82, 2.24) is 24.8 Å². The monoisotopic (exact) mass is 433 g/mol. The standard InChI is InChI=1S/C24H27N5O3/c1-15-10-29(14-27-15)23-8-22(31-3)17(9-26-23)11-28-7-6-25-21(12-28)18-4-5-19-20(16(18)2)13-32-24(19)30/h4-5,8-10,14,21,25H,6-7,11-13H2,1-3H3. The van der Waals surface area contributed by atoms with E-state index < -0.39 is 0 Å². The van der Waals surface area contributed by atoms with Crippen molar-refractivity contribution in [3.8, 4) is 11.6 Å². The lowest BCUT2D eigenvalue weighted by Crippen LogP contribution is -2.45. The lowest BCUT2D eigenvalue weighted by atomic mass is 9.93. The van der Waals surface area contributed by atoms with E-state index in [1.807, 2.05) is 36.0 Å². The summed E-state index contributed by atoms with van der Waals surface area (Å²) in [4.78, 5) is 23.2. The Bertz CT molecular complexity index is 1170. The maximum Gasteiger partial charge on any atom is 0.338 e. The van der Waals surface area contributed by atoms with Gasteiger partial charge in [0.1, 0.15) is 24.5 Å². The number of pyridine rings is 1. The van der Waals surface area contributed by atoms with Crippen LogP contribution < -0.4 is 10.1 Å². The molecule has 1 saturated heterocycles. The molecular formula is C24H27N5O3. The zero-order chi connectivity index (χ0) is 22.2. The molecule has 1 unspecified atom stereocenters. The molecule has 1 fully saturated rings. The number of benzene rings is 1. The predicted molar refractivity (Wildman–Crippen MR) is 119 cm³/mol. The highest BCUT2D eigenvalue weighted by molar-refractivity contribution is 5.94. The number of cyclic esters (lactones) is 1. The maximum absolute atomic E-state index is 11.9. The molecule has 8 heteroatoms. The third kappa shape index (κ3) is 3.76. The van der Waals surface area contributed by atoms with Crippen LogP contribution in [-0.4, -0.2) is 52.1 Å². The number of fused-ring (bicyclic) bond motifs is 1. The van der Waals surface area contributed by atoms with E-state index in [4.69, 9.17) is 9.47 Å². The molecule has 166 valence electrons. The minimum atomic E-state index is -0.221. The Kier molecular flexibility index (Phi) is 5.40. The van der Waals surface area contributed by atoms with Crippen molar-refractivity contribution in [2.75, 3.05) is 26.7 Å². The number of nitrogens with zero attached hydrogens (tertiary/aromatic N) is 4. The van der Waals surface area contributed by atoms with Crippen LogP contribution in [0.1, 0.15) is 44.3 Å². The van der Waals surface area contributed by atoms with Gasteiger partial charge in [-0.25, -0.2) is 14.8 Å². The number of carbonyl (C=O) groups excluding carboxylic acids is 1. The van der Waals surface area contributed by atoms with Crippen LogP contribution in [0.25, 0.3) is 5.82 Å². The molecule has 8 nitrogen and oxygen atoms in total. The fourth-order valence-corrected chi connectivity index (χ4v) is 4.60. The Balaban J connectivity index is 1.34. The molecule has 2 aliphatic rings. The Morgan fingerprint density at radius 2 is 2.16 bits per heavy atom. The average Bonchev–Trinajstić information content (AvgIpc) is 3.41. The molecule has 4 heterocycles. The molecule has 1 atom stereocenters. The second-order valence-corrected chi connectivity index (χ2v) is 8.40. The van der Waals surface area contributed by atoms with Gasteiger partial charge in [-0.15, -0.1) is 0 Å². The van der Waals surface area contributed by atoms with Crippen molar-refractivity contribution in [2.45, 2.75) is 33.0 Å².